The quantitative estimate of drug-likeness (QED) is 0.342. The molecule has 0 saturated heterocycles. The molecule has 1 atom stereocenters. The van der Waals surface area contributed by atoms with Gasteiger partial charge in [0.1, 0.15) is 6.29 Å². The minimum Gasteiger partial charge on any atom is -0.298 e. The molecule has 11 heavy (non-hydrogen) atoms. The maximum atomic E-state index is 10.2. The molecular weight excluding hydrogens is 136 g/mol. The van der Waals surface area contributed by atoms with Crippen LogP contribution in [0.5, 0.6) is 0 Å². The molecule has 0 amide bonds. The van der Waals surface area contributed by atoms with E-state index in [9.17, 15) is 4.79 Å². The molecule has 0 aliphatic heterocycles. The van der Waals surface area contributed by atoms with E-state index in [1.54, 1.807) is 13.0 Å². The van der Waals surface area contributed by atoms with Gasteiger partial charge in [-0.1, -0.05) is 24.3 Å². The normalized spacial score (nSPS) is 13.8. The van der Waals surface area contributed by atoms with Crippen molar-refractivity contribution in [3.8, 4) is 0 Å². The largest absolute Gasteiger partial charge is 0.298 e. The Kier molecular flexibility index (Phi) is 4.20. The summed E-state index contributed by atoms with van der Waals surface area (Å²) in [6.45, 7) is 11.1. The number of carbonyl (C=O) groups is 1. The SMILES string of the molecule is C=CC(C=C(C)C=O)C(=C)C. The van der Waals surface area contributed by atoms with Gasteiger partial charge in [0.25, 0.3) is 0 Å². The first-order valence-electron chi connectivity index (χ1n) is 3.53. The molecule has 0 spiro atoms. The van der Waals surface area contributed by atoms with Crippen LogP contribution < -0.4 is 0 Å². The van der Waals surface area contributed by atoms with Crippen molar-refractivity contribution in [2.45, 2.75) is 13.8 Å². The first kappa shape index (κ1) is 9.89. The van der Waals surface area contributed by atoms with Crippen LogP contribution in [0.25, 0.3) is 0 Å². The van der Waals surface area contributed by atoms with Crippen molar-refractivity contribution in [3.63, 3.8) is 0 Å². The maximum Gasteiger partial charge on any atom is 0.145 e. The third-order valence-corrected chi connectivity index (χ3v) is 1.45. The lowest BCUT2D eigenvalue weighted by atomic mass is 10.00. The molecule has 0 aliphatic rings. The van der Waals surface area contributed by atoms with E-state index in [0.29, 0.717) is 0 Å². The second kappa shape index (κ2) is 4.67. The first-order chi connectivity index (χ1) is 5.11. The first-order valence-corrected chi connectivity index (χ1v) is 3.53. The Balaban J connectivity index is 4.41. The summed E-state index contributed by atoms with van der Waals surface area (Å²) in [6, 6.07) is 0. The predicted molar refractivity (Wildman–Crippen MR) is 48.3 cm³/mol. The van der Waals surface area contributed by atoms with Gasteiger partial charge in [0.15, 0.2) is 0 Å². The molecule has 0 aromatic carbocycles. The van der Waals surface area contributed by atoms with Gasteiger partial charge in [0.05, 0.1) is 0 Å². The highest BCUT2D eigenvalue weighted by Crippen LogP contribution is 2.12. The van der Waals surface area contributed by atoms with Gasteiger partial charge in [-0.25, -0.2) is 0 Å². The molecule has 60 valence electrons. The van der Waals surface area contributed by atoms with Gasteiger partial charge >= 0.3 is 0 Å². The Bertz CT molecular complexity index is 199. The zero-order valence-corrected chi connectivity index (χ0v) is 7.13. The van der Waals surface area contributed by atoms with Crippen LogP contribution in [0.3, 0.4) is 0 Å². The predicted octanol–water partition coefficient (Wildman–Crippen LogP) is 2.51. The Morgan fingerprint density at radius 1 is 1.45 bits per heavy atom. The zero-order valence-electron chi connectivity index (χ0n) is 7.13. The van der Waals surface area contributed by atoms with Gasteiger partial charge < -0.3 is 0 Å². The van der Waals surface area contributed by atoms with Gasteiger partial charge in [-0.3, -0.25) is 4.79 Å². The van der Waals surface area contributed by atoms with Crippen molar-refractivity contribution in [1.82, 2.24) is 0 Å². The van der Waals surface area contributed by atoms with Crippen molar-refractivity contribution in [3.05, 3.63) is 36.5 Å². The van der Waals surface area contributed by atoms with E-state index in [-0.39, 0.29) is 5.92 Å². The van der Waals surface area contributed by atoms with E-state index >= 15 is 0 Å². The number of hydrogen-bond acceptors (Lipinski definition) is 1. The average molecular weight is 150 g/mol. The molecule has 0 heterocycles. The molecule has 0 N–H and O–H groups in total. The summed E-state index contributed by atoms with van der Waals surface area (Å²) in [5.41, 5.74) is 1.72. The molecule has 0 aromatic rings. The summed E-state index contributed by atoms with van der Waals surface area (Å²) in [7, 11) is 0. The van der Waals surface area contributed by atoms with Crippen LogP contribution >= 0.6 is 0 Å². The number of aldehydes is 1. The fourth-order valence-electron chi connectivity index (χ4n) is 0.734. The summed E-state index contributed by atoms with van der Waals surface area (Å²) >= 11 is 0. The summed E-state index contributed by atoms with van der Waals surface area (Å²) in [5, 5.41) is 0. The molecule has 1 nitrogen and oxygen atoms in total. The lowest BCUT2D eigenvalue weighted by molar-refractivity contribution is -0.104. The molecule has 1 heteroatoms. The lowest BCUT2D eigenvalue weighted by Crippen LogP contribution is -1.93. The summed E-state index contributed by atoms with van der Waals surface area (Å²) < 4.78 is 0. The Hall–Kier alpha value is -1.11. The molecule has 0 bridgehead atoms. The van der Waals surface area contributed by atoms with Crippen LogP contribution in [-0.4, -0.2) is 6.29 Å². The summed E-state index contributed by atoms with van der Waals surface area (Å²) in [4.78, 5) is 10.2. The van der Waals surface area contributed by atoms with Gasteiger partial charge in [-0.2, -0.15) is 0 Å². The van der Waals surface area contributed by atoms with Crippen LogP contribution in [0.15, 0.2) is 36.5 Å². The molecule has 0 saturated carbocycles. The molecule has 0 rings (SSSR count). The lowest BCUT2D eigenvalue weighted by Gasteiger charge is -2.05. The fourth-order valence-corrected chi connectivity index (χ4v) is 0.734. The molecule has 0 aliphatic carbocycles. The van der Waals surface area contributed by atoms with E-state index in [1.165, 1.54) is 0 Å². The van der Waals surface area contributed by atoms with E-state index < -0.39 is 0 Å². The van der Waals surface area contributed by atoms with Crippen molar-refractivity contribution >= 4 is 6.29 Å². The minimum absolute atomic E-state index is 0.125. The molecular formula is C10H14O. The molecule has 0 fully saturated rings. The third kappa shape index (κ3) is 3.56. The summed E-state index contributed by atoms with van der Waals surface area (Å²) in [6.07, 6.45) is 4.46. The molecule has 0 aromatic heterocycles. The maximum absolute atomic E-state index is 10.2. The fraction of sp³-hybridized carbons (Fsp3) is 0.300. The Labute approximate surface area is 68.1 Å². The highest BCUT2D eigenvalue weighted by Gasteiger charge is 1.99. The molecule has 1 unspecified atom stereocenters. The number of rotatable bonds is 4. The van der Waals surface area contributed by atoms with Gasteiger partial charge in [0, 0.05) is 5.92 Å². The van der Waals surface area contributed by atoms with Crippen LogP contribution in [0.4, 0.5) is 0 Å². The van der Waals surface area contributed by atoms with E-state index in [1.807, 2.05) is 13.0 Å². The Morgan fingerprint density at radius 3 is 2.27 bits per heavy atom. The Morgan fingerprint density at radius 2 is 2.00 bits per heavy atom. The van der Waals surface area contributed by atoms with Crippen molar-refractivity contribution in [2.24, 2.45) is 5.92 Å². The van der Waals surface area contributed by atoms with E-state index in [4.69, 9.17) is 0 Å². The summed E-state index contributed by atoms with van der Waals surface area (Å²) in [5.74, 6) is 0.125. The second-order valence-electron chi connectivity index (χ2n) is 2.64. The van der Waals surface area contributed by atoms with Gasteiger partial charge in [-0.05, 0) is 19.4 Å². The van der Waals surface area contributed by atoms with Crippen molar-refractivity contribution < 1.29 is 4.79 Å². The standard InChI is InChI=1S/C10H14O/c1-5-10(8(2)3)6-9(4)7-11/h5-7,10H,1-2H2,3-4H3. The van der Waals surface area contributed by atoms with Crippen molar-refractivity contribution in [2.75, 3.05) is 0 Å². The van der Waals surface area contributed by atoms with Crippen LogP contribution in [-0.2, 0) is 4.79 Å². The highest BCUT2D eigenvalue weighted by atomic mass is 16.1. The smallest absolute Gasteiger partial charge is 0.145 e. The highest BCUT2D eigenvalue weighted by molar-refractivity contribution is 5.72. The minimum atomic E-state index is 0.125. The number of carbonyl (C=O) groups excluding carboxylic acids is 1. The van der Waals surface area contributed by atoms with Gasteiger partial charge in [-0.15, -0.1) is 6.58 Å². The topological polar surface area (TPSA) is 17.1 Å². The van der Waals surface area contributed by atoms with E-state index in [0.717, 1.165) is 17.4 Å². The van der Waals surface area contributed by atoms with Crippen molar-refractivity contribution in [1.29, 1.82) is 0 Å². The second-order valence-corrected chi connectivity index (χ2v) is 2.64. The van der Waals surface area contributed by atoms with Crippen LogP contribution in [0, 0.1) is 5.92 Å². The monoisotopic (exact) mass is 150 g/mol. The zero-order chi connectivity index (χ0) is 8.85. The number of hydrogen-bond donors (Lipinski definition) is 0. The molecule has 0 radical (unpaired) electrons. The van der Waals surface area contributed by atoms with E-state index in [2.05, 4.69) is 13.2 Å². The van der Waals surface area contributed by atoms with Gasteiger partial charge in [0.2, 0.25) is 0 Å². The third-order valence-electron chi connectivity index (χ3n) is 1.45. The van der Waals surface area contributed by atoms with Crippen LogP contribution in [0.1, 0.15) is 13.8 Å². The van der Waals surface area contributed by atoms with Crippen LogP contribution in [0.2, 0.25) is 0 Å². The average Bonchev–Trinajstić information content (AvgIpc) is 1.99. The number of allylic oxidation sites excluding steroid dienone is 4.